The Balaban J connectivity index is 2.36. The molecule has 1 saturated heterocycles. The van der Waals surface area contributed by atoms with Crippen molar-refractivity contribution >= 4 is 5.97 Å². The highest BCUT2D eigenvalue weighted by Gasteiger charge is 2.49. The van der Waals surface area contributed by atoms with Crippen molar-refractivity contribution in [2.45, 2.75) is 32.0 Å². The molecule has 104 valence electrons. The number of nitrogens with zero attached hydrogens (tertiary/aromatic N) is 1. The molecule has 0 aliphatic carbocycles. The third-order valence-electron chi connectivity index (χ3n) is 3.31. The van der Waals surface area contributed by atoms with Gasteiger partial charge in [-0.25, -0.2) is 0 Å². The van der Waals surface area contributed by atoms with E-state index in [2.05, 4.69) is 4.98 Å². The second kappa shape index (κ2) is 4.90. The Morgan fingerprint density at radius 2 is 1.95 bits per heavy atom. The van der Waals surface area contributed by atoms with E-state index in [1.54, 1.807) is 6.20 Å². The molecular formula is C14H19NO4. The van der Waals surface area contributed by atoms with Crippen molar-refractivity contribution in [1.82, 2.24) is 4.98 Å². The molecule has 1 aromatic rings. The number of esters is 1. The fourth-order valence-electron chi connectivity index (χ4n) is 1.99. The van der Waals surface area contributed by atoms with Crippen molar-refractivity contribution < 1.29 is 19.0 Å². The van der Waals surface area contributed by atoms with E-state index in [-0.39, 0.29) is 19.2 Å². The highest BCUT2D eigenvalue weighted by Crippen LogP contribution is 2.33. The first-order valence-electron chi connectivity index (χ1n) is 6.19. The number of aryl methyl sites for hydroxylation is 1. The molecule has 5 nitrogen and oxygen atoms in total. The fourth-order valence-corrected chi connectivity index (χ4v) is 1.99. The number of ether oxygens (including phenoxy) is 3. The monoisotopic (exact) mass is 265 g/mol. The molecule has 1 aliphatic heterocycles. The Bertz CT molecular complexity index is 457. The molecule has 5 heteroatoms. The number of rotatable bonds is 2. The van der Waals surface area contributed by atoms with Gasteiger partial charge < -0.3 is 14.2 Å². The van der Waals surface area contributed by atoms with Crippen molar-refractivity contribution in [2.75, 3.05) is 20.3 Å². The van der Waals surface area contributed by atoms with E-state index >= 15 is 0 Å². The zero-order valence-corrected chi connectivity index (χ0v) is 11.7. The van der Waals surface area contributed by atoms with E-state index in [9.17, 15) is 4.79 Å². The van der Waals surface area contributed by atoms with Gasteiger partial charge >= 0.3 is 5.97 Å². The van der Waals surface area contributed by atoms with Crippen LogP contribution in [0.25, 0.3) is 0 Å². The van der Waals surface area contributed by atoms with Crippen LogP contribution in [-0.2, 0) is 24.4 Å². The summed E-state index contributed by atoms with van der Waals surface area (Å²) in [7, 11) is 1.36. The van der Waals surface area contributed by atoms with Crippen LogP contribution in [0.1, 0.15) is 25.1 Å². The zero-order valence-electron chi connectivity index (χ0n) is 11.7. The summed E-state index contributed by atoms with van der Waals surface area (Å²) in [6, 6.07) is 3.73. The van der Waals surface area contributed by atoms with Crippen molar-refractivity contribution in [1.29, 1.82) is 0 Å². The summed E-state index contributed by atoms with van der Waals surface area (Å²) in [4.78, 5) is 16.5. The lowest BCUT2D eigenvalue weighted by molar-refractivity contribution is -0.269. The van der Waals surface area contributed by atoms with E-state index < -0.39 is 11.2 Å². The van der Waals surface area contributed by atoms with Gasteiger partial charge in [0.2, 0.25) is 0 Å². The quantitative estimate of drug-likeness (QED) is 0.760. The minimum atomic E-state index is -0.988. The van der Waals surface area contributed by atoms with Crippen molar-refractivity contribution in [2.24, 2.45) is 0 Å². The summed E-state index contributed by atoms with van der Waals surface area (Å²) in [6.07, 6.45) is 1.72. The minimum absolute atomic E-state index is 0.197. The molecular weight excluding hydrogens is 246 g/mol. The highest BCUT2D eigenvalue weighted by molar-refractivity contribution is 5.83. The summed E-state index contributed by atoms with van der Waals surface area (Å²) >= 11 is 0. The predicted octanol–water partition coefficient (Wildman–Crippen LogP) is 1.58. The van der Waals surface area contributed by atoms with Crippen LogP contribution in [0, 0.1) is 6.92 Å². The van der Waals surface area contributed by atoms with Crippen molar-refractivity contribution in [3.05, 3.63) is 29.6 Å². The van der Waals surface area contributed by atoms with E-state index in [0.717, 1.165) is 5.56 Å². The number of carbonyl (C=O) groups excluding carboxylic acids is 1. The highest BCUT2D eigenvalue weighted by atomic mass is 16.7. The average Bonchev–Trinajstić information content (AvgIpc) is 2.39. The Kier molecular flexibility index (Phi) is 3.60. The van der Waals surface area contributed by atoms with Crippen LogP contribution in [0.3, 0.4) is 0 Å². The molecule has 1 aromatic heterocycles. The Morgan fingerprint density at radius 1 is 1.32 bits per heavy atom. The lowest BCUT2D eigenvalue weighted by Gasteiger charge is -2.41. The van der Waals surface area contributed by atoms with E-state index in [1.807, 2.05) is 32.9 Å². The third-order valence-corrected chi connectivity index (χ3v) is 3.31. The number of carbonyl (C=O) groups is 1. The first-order chi connectivity index (χ1) is 8.89. The zero-order chi connectivity index (χ0) is 14.1. The van der Waals surface area contributed by atoms with E-state index in [4.69, 9.17) is 14.2 Å². The molecule has 0 unspecified atom stereocenters. The predicted molar refractivity (Wildman–Crippen MR) is 68.7 cm³/mol. The smallest absolute Gasteiger partial charge is 0.322 e. The van der Waals surface area contributed by atoms with Crippen LogP contribution in [0.2, 0.25) is 0 Å². The summed E-state index contributed by atoms with van der Waals surface area (Å²) in [5.74, 6) is -1.08. The summed E-state index contributed by atoms with van der Waals surface area (Å²) in [6.45, 7) is 5.97. The van der Waals surface area contributed by atoms with Crippen LogP contribution in [0.5, 0.6) is 0 Å². The fraction of sp³-hybridized carbons (Fsp3) is 0.571. The van der Waals surface area contributed by atoms with Crippen LogP contribution in [0.4, 0.5) is 0 Å². The topological polar surface area (TPSA) is 57.7 Å². The molecule has 0 saturated carbocycles. The van der Waals surface area contributed by atoms with Gasteiger partial charge in [0, 0.05) is 6.20 Å². The number of aromatic nitrogens is 1. The van der Waals surface area contributed by atoms with Gasteiger partial charge in [-0.1, -0.05) is 6.07 Å². The van der Waals surface area contributed by atoms with Crippen LogP contribution < -0.4 is 0 Å². The van der Waals surface area contributed by atoms with E-state index in [1.165, 1.54) is 7.11 Å². The molecule has 0 atom stereocenters. The molecule has 0 N–H and O–H groups in total. The molecule has 0 spiro atoms. The van der Waals surface area contributed by atoms with Gasteiger partial charge in [0.1, 0.15) is 0 Å². The first-order valence-corrected chi connectivity index (χ1v) is 6.19. The van der Waals surface area contributed by atoms with Gasteiger partial charge in [0.25, 0.3) is 0 Å². The van der Waals surface area contributed by atoms with E-state index in [0.29, 0.717) is 5.69 Å². The number of methoxy groups -OCH3 is 1. The molecule has 2 heterocycles. The lowest BCUT2D eigenvalue weighted by atomic mass is 9.84. The Labute approximate surface area is 112 Å². The summed E-state index contributed by atoms with van der Waals surface area (Å²) in [5.41, 5.74) is 0.653. The molecule has 0 bridgehead atoms. The van der Waals surface area contributed by atoms with Crippen LogP contribution >= 0.6 is 0 Å². The Hall–Kier alpha value is -1.46. The molecule has 19 heavy (non-hydrogen) atoms. The molecule has 1 aliphatic rings. The second-order valence-corrected chi connectivity index (χ2v) is 5.27. The van der Waals surface area contributed by atoms with Gasteiger partial charge in [-0.05, 0) is 32.4 Å². The maximum absolute atomic E-state index is 12.2. The first kappa shape index (κ1) is 14.0. The van der Waals surface area contributed by atoms with Gasteiger partial charge in [0.15, 0.2) is 11.2 Å². The van der Waals surface area contributed by atoms with Crippen LogP contribution in [0.15, 0.2) is 18.3 Å². The molecule has 0 radical (unpaired) electrons. The van der Waals surface area contributed by atoms with Gasteiger partial charge in [-0.15, -0.1) is 0 Å². The molecule has 1 fully saturated rings. The largest absolute Gasteiger partial charge is 0.468 e. The van der Waals surface area contributed by atoms with Gasteiger partial charge in [-0.3, -0.25) is 9.78 Å². The van der Waals surface area contributed by atoms with Gasteiger partial charge in [-0.2, -0.15) is 0 Å². The van der Waals surface area contributed by atoms with Crippen molar-refractivity contribution in [3.63, 3.8) is 0 Å². The maximum Gasteiger partial charge on any atom is 0.322 e. The molecule has 2 rings (SSSR count). The minimum Gasteiger partial charge on any atom is -0.468 e. The number of hydrogen-bond donors (Lipinski definition) is 0. The number of pyridine rings is 1. The normalized spacial score (nSPS) is 20.8. The second-order valence-electron chi connectivity index (χ2n) is 5.27. The molecule has 0 amide bonds. The summed E-state index contributed by atoms with van der Waals surface area (Å²) < 4.78 is 16.2. The Morgan fingerprint density at radius 3 is 2.42 bits per heavy atom. The molecule has 0 aromatic carbocycles. The van der Waals surface area contributed by atoms with Crippen LogP contribution in [-0.4, -0.2) is 37.1 Å². The summed E-state index contributed by atoms with van der Waals surface area (Å²) in [5, 5.41) is 0. The SMILES string of the molecule is COC(=O)C1(c2ccc(C)cn2)COC(C)(C)OC1. The lowest BCUT2D eigenvalue weighted by Crippen LogP contribution is -2.54. The standard InChI is InChI=1S/C14H19NO4/c1-10-5-6-11(15-7-10)14(12(16)17-4)8-18-13(2,3)19-9-14/h5-7H,8-9H2,1-4H3. The average molecular weight is 265 g/mol. The van der Waals surface area contributed by atoms with Crippen molar-refractivity contribution in [3.8, 4) is 0 Å². The number of hydrogen-bond acceptors (Lipinski definition) is 5. The van der Waals surface area contributed by atoms with Gasteiger partial charge in [0.05, 0.1) is 26.0 Å². The maximum atomic E-state index is 12.2. The third kappa shape index (κ3) is 2.62.